The van der Waals surface area contributed by atoms with Gasteiger partial charge in [-0.1, -0.05) is 18.2 Å². The summed E-state index contributed by atoms with van der Waals surface area (Å²) < 4.78 is 21.0. The monoisotopic (exact) mass is 371 g/mol. The standard InChI is InChI=1S/C21H25NO5/c1-6-16(15-9-11-19(25-4)20(13-15)27-7-2)14-8-10-18(24-3)17(12-14)22-21(23)26-5/h6,8-13H,7H2,1-5H3,(H,22,23)/b16-6-. The normalized spacial score (nSPS) is 10.9. The van der Waals surface area contributed by atoms with Gasteiger partial charge >= 0.3 is 6.09 Å². The summed E-state index contributed by atoms with van der Waals surface area (Å²) in [7, 11) is 4.48. The third-order valence-corrected chi connectivity index (χ3v) is 4.00. The number of amides is 1. The first-order chi connectivity index (χ1) is 13.1. The lowest BCUT2D eigenvalue weighted by atomic mass is 9.96. The van der Waals surface area contributed by atoms with Crippen LogP contribution in [0.25, 0.3) is 5.57 Å². The fourth-order valence-electron chi connectivity index (χ4n) is 2.75. The minimum absolute atomic E-state index is 0.528. The minimum Gasteiger partial charge on any atom is -0.495 e. The molecule has 0 unspecified atom stereocenters. The number of ether oxygens (including phenoxy) is 4. The van der Waals surface area contributed by atoms with Gasteiger partial charge in [0.25, 0.3) is 0 Å². The van der Waals surface area contributed by atoms with E-state index in [0.717, 1.165) is 16.7 Å². The molecule has 0 radical (unpaired) electrons. The van der Waals surface area contributed by atoms with E-state index in [-0.39, 0.29) is 0 Å². The van der Waals surface area contributed by atoms with Crippen LogP contribution in [0.1, 0.15) is 25.0 Å². The van der Waals surface area contributed by atoms with Crippen LogP contribution in [-0.4, -0.2) is 34.0 Å². The molecular formula is C21H25NO5. The molecule has 2 aromatic carbocycles. The van der Waals surface area contributed by atoms with E-state index in [9.17, 15) is 4.79 Å². The fraction of sp³-hybridized carbons (Fsp3) is 0.286. The van der Waals surface area contributed by atoms with E-state index in [1.807, 2.05) is 50.3 Å². The number of nitrogens with one attached hydrogen (secondary N) is 1. The van der Waals surface area contributed by atoms with Gasteiger partial charge in [0.05, 0.1) is 33.6 Å². The lowest BCUT2D eigenvalue weighted by Crippen LogP contribution is -2.12. The van der Waals surface area contributed by atoms with Crippen LogP contribution in [0.15, 0.2) is 42.5 Å². The Morgan fingerprint density at radius 3 is 2.15 bits per heavy atom. The zero-order chi connectivity index (χ0) is 19.8. The van der Waals surface area contributed by atoms with E-state index in [4.69, 9.17) is 14.2 Å². The van der Waals surface area contributed by atoms with Crippen LogP contribution < -0.4 is 19.5 Å². The fourth-order valence-corrected chi connectivity index (χ4v) is 2.75. The largest absolute Gasteiger partial charge is 0.495 e. The highest BCUT2D eigenvalue weighted by atomic mass is 16.5. The molecule has 1 N–H and O–H groups in total. The van der Waals surface area contributed by atoms with Crippen LogP contribution in [0.3, 0.4) is 0 Å². The topological polar surface area (TPSA) is 66.0 Å². The molecule has 6 nitrogen and oxygen atoms in total. The van der Waals surface area contributed by atoms with Gasteiger partial charge in [-0.05, 0) is 54.8 Å². The summed E-state index contributed by atoms with van der Waals surface area (Å²) in [5.74, 6) is 1.90. The van der Waals surface area contributed by atoms with Gasteiger partial charge in [-0.3, -0.25) is 5.32 Å². The highest BCUT2D eigenvalue weighted by molar-refractivity contribution is 5.89. The number of hydrogen-bond donors (Lipinski definition) is 1. The molecule has 0 aliphatic heterocycles. The maximum absolute atomic E-state index is 11.6. The van der Waals surface area contributed by atoms with E-state index in [1.165, 1.54) is 7.11 Å². The van der Waals surface area contributed by atoms with Crippen molar-refractivity contribution in [1.29, 1.82) is 0 Å². The van der Waals surface area contributed by atoms with Crippen molar-refractivity contribution in [3.05, 3.63) is 53.6 Å². The van der Waals surface area contributed by atoms with Crippen molar-refractivity contribution in [2.45, 2.75) is 13.8 Å². The number of methoxy groups -OCH3 is 3. The summed E-state index contributed by atoms with van der Waals surface area (Å²) in [5.41, 5.74) is 3.39. The molecule has 2 rings (SSSR count). The molecule has 0 spiro atoms. The Bertz CT molecular complexity index is 829. The van der Waals surface area contributed by atoms with Crippen molar-refractivity contribution in [1.82, 2.24) is 0 Å². The zero-order valence-corrected chi connectivity index (χ0v) is 16.3. The first-order valence-electron chi connectivity index (χ1n) is 8.58. The predicted molar refractivity (Wildman–Crippen MR) is 106 cm³/mol. The molecule has 0 aliphatic carbocycles. The Morgan fingerprint density at radius 2 is 1.59 bits per heavy atom. The minimum atomic E-state index is -0.560. The third kappa shape index (κ3) is 4.73. The van der Waals surface area contributed by atoms with Crippen molar-refractivity contribution < 1.29 is 23.7 Å². The van der Waals surface area contributed by atoms with Crippen LogP contribution in [0.4, 0.5) is 10.5 Å². The zero-order valence-electron chi connectivity index (χ0n) is 16.3. The van der Waals surface area contributed by atoms with Crippen molar-refractivity contribution in [2.24, 2.45) is 0 Å². The molecule has 0 saturated carbocycles. The first kappa shape index (κ1) is 20.2. The van der Waals surface area contributed by atoms with Gasteiger partial charge in [0, 0.05) is 0 Å². The number of rotatable bonds is 7. The molecule has 2 aromatic rings. The maximum atomic E-state index is 11.6. The second kappa shape index (κ2) is 9.52. The quantitative estimate of drug-likeness (QED) is 0.762. The molecule has 0 aliphatic rings. The Labute approximate surface area is 159 Å². The average molecular weight is 371 g/mol. The van der Waals surface area contributed by atoms with Gasteiger partial charge in [0.1, 0.15) is 5.75 Å². The third-order valence-electron chi connectivity index (χ3n) is 4.00. The lowest BCUT2D eigenvalue weighted by molar-refractivity contribution is 0.187. The van der Waals surface area contributed by atoms with Crippen LogP contribution in [0.5, 0.6) is 17.2 Å². The van der Waals surface area contributed by atoms with Crippen molar-refractivity contribution in [3.63, 3.8) is 0 Å². The number of allylic oxidation sites excluding steroid dienone is 1. The smallest absolute Gasteiger partial charge is 0.411 e. The average Bonchev–Trinajstić information content (AvgIpc) is 2.69. The summed E-state index contributed by atoms with van der Waals surface area (Å²) >= 11 is 0. The molecule has 0 aromatic heterocycles. The molecule has 0 fully saturated rings. The van der Waals surface area contributed by atoms with Crippen molar-refractivity contribution in [2.75, 3.05) is 33.3 Å². The molecule has 6 heteroatoms. The van der Waals surface area contributed by atoms with E-state index >= 15 is 0 Å². The summed E-state index contributed by atoms with van der Waals surface area (Å²) in [6.07, 6.45) is 1.44. The van der Waals surface area contributed by atoms with E-state index in [2.05, 4.69) is 10.1 Å². The number of carbonyl (C=O) groups excluding carboxylic acids is 1. The number of carbonyl (C=O) groups is 1. The molecule has 27 heavy (non-hydrogen) atoms. The van der Waals surface area contributed by atoms with Crippen molar-refractivity contribution in [3.8, 4) is 17.2 Å². The summed E-state index contributed by atoms with van der Waals surface area (Å²) in [6.45, 7) is 4.43. The number of hydrogen-bond acceptors (Lipinski definition) is 5. The van der Waals surface area contributed by atoms with Crippen LogP contribution in [-0.2, 0) is 4.74 Å². The molecule has 0 saturated heterocycles. The Kier molecular flexibility index (Phi) is 7.11. The van der Waals surface area contributed by atoms with Gasteiger partial charge in [-0.25, -0.2) is 4.79 Å². The Morgan fingerprint density at radius 1 is 0.963 bits per heavy atom. The summed E-state index contributed by atoms with van der Waals surface area (Å²) in [6, 6.07) is 11.4. The van der Waals surface area contributed by atoms with E-state index in [0.29, 0.717) is 29.5 Å². The Hall–Kier alpha value is -3.15. The molecule has 0 atom stereocenters. The summed E-state index contributed by atoms with van der Waals surface area (Å²) in [5, 5.41) is 2.67. The second-order valence-electron chi connectivity index (χ2n) is 5.53. The maximum Gasteiger partial charge on any atom is 0.411 e. The van der Waals surface area contributed by atoms with E-state index < -0.39 is 6.09 Å². The molecule has 1 amide bonds. The molecule has 144 valence electrons. The number of benzene rings is 2. The lowest BCUT2D eigenvalue weighted by Gasteiger charge is -2.15. The van der Waals surface area contributed by atoms with Crippen LogP contribution in [0.2, 0.25) is 0 Å². The van der Waals surface area contributed by atoms with Crippen molar-refractivity contribution >= 4 is 17.4 Å². The molecule has 0 heterocycles. The first-order valence-corrected chi connectivity index (χ1v) is 8.58. The van der Waals surface area contributed by atoms with Gasteiger partial charge in [-0.2, -0.15) is 0 Å². The number of anilines is 1. The highest BCUT2D eigenvalue weighted by Crippen LogP contribution is 2.35. The second-order valence-corrected chi connectivity index (χ2v) is 5.53. The van der Waals surface area contributed by atoms with Crippen LogP contribution >= 0.6 is 0 Å². The molecule has 0 bridgehead atoms. The van der Waals surface area contributed by atoms with Gasteiger partial charge in [0.15, 0.2) is 11.5 Å². The SMILES string of the molecule is C/C=C(/c1ccc(OC)c(NC(=O)OC)c1)c1ccc(OC)c(OCC)c1. The van der Waals surface area contributed by atoms with E-state index in [1.54, 1.807) is 20.3 Å². The predicted octanol–water partition coefficient (Wildman–Crippen LogP) is 4.73. The summed E-state index contributed by atoms with van der Waals surface area (Å²) in [4.78, 5) is 11.6. The van der Waals surface area contributed by atoms with Gasteiger partial charge in [0.2, 0.25) is 0 Å². The Balaban J connectivity index is 2.47. The van der Waals surface area contributed by atoms with Gasteiger partial charge < -0.3 is 18.9 Å². The van der Waals surface area contributed by atoms with Crippen LogP contribution in [0, 0.1) is 0 Å². The van der Waals surface area contributed by atoms with Gasteiger partial charge in [-0.15, -0.1) is 0 Å². The molecular weight excluding hydrogens is 346 g/mol. The highest BCUT2D eigenvalue weighted by Gasteiger charge is 2.13.